The van der Waals surface area contributed by atoms with E-state index >= 15 is 0 Å². The van der Waals surface area contributed by atoms with Gasteiger partial charge in [-0.15, -0.1) is 0 Å². The molecule has 0 radical (unpaired) electrons. The summed E-state index contributed by atoms with van der Waals surface area (Å²) in [5.74, 6) is 1.39. The number of aromatic nitrogens is 2. The van der Waals surface area contributed by atoms with Crippen LogP contribution in [0, 0.1) is 0 Å². The topological polar surface area (TPSA) is 65.4 Å². The fourth-order valence-electron chi connectivity index (χ4n) is 3.39. The highest BCUT2D eigenvalue weighted by Crippen LogP contribution is 2.36. The number of nitrogens with zero attached hydrogens (tertiary/aromatic N) is 2. The van der Waals surface area contributed by atoms with Gasteiger partial charge < -0.3 is 14.8 Å². The number of ether oxygens (including phenoxy) is 2. The van der Waals surface area contributed by atoms with Gasteiger partial charge in [0.15, 0.2) is 17.2 Å². The SMILES string of the molecule is CCn1nc(C(=O)NC2CCCC2)cc1-c1ccc2c(c1)OCO2. The van der Waals surface area contributed by atoms with Gasteiger partial charge in [0.2, 0.25) is 6.79 Å². The summed E-state index contributed by atoms with van der Waals surface area (Å²) in [7, 11) is 0. The first-order chi connectivity index (χ1) is 11.7. The number of hydrogen-bond donors (Lipinski definition) is 1. The molecule has 1 aromatic carbocycles. The van der Waals surface area contributed by atoms with Crippen molar-refractivity contribution in [1.82, 2.24) is 15.1 Å². The maximum absolute atomic E-state index is 12.5. The van der Waals surface area contributed by atoms with Crippen LogP contribution in [-0.2, 0) is 6.54 Å². The summed E-state index contributed by atoms with van der Waals surface area (Å²) in [4.78, 5) is 12.5. The molecule has 6 heteroatoms. The molecule has 0 atom stereocenters. The summed E-state index contributed by atoms with van der Waals surface area (Å²) in [5.41, 5.74) is 2.34. The van der Waals surface area contributed by atoms with Crippen molar-refractivity contribution in [2.75, 3.05) is 6.79 Å². The minimum absolute atomic E-state index is 0.0870. The Bertz CT molecular complexity index is 763. The van der Waals surface area contributed by atoms with E-state index in [2.05, 4.69) is 10.4 Å². The Morgan fingerprint density at radius 1 is 1.25 bits per heavy atom. The summed E-state index contributed by atoms with van der Waals surface area (Å²) in [6, 6.07) is 7.94. The third-order valence-corrected chi connectivity index (χ3v) is 4.67. The molecule has 1 saturated carbocycles. The molecule has 2 aliphatic rings. The Hall–Kier alpha value is -2.50. The zero-order valence-corrected chi connectivity index (χ0v) is 13.7. The largest absolute Gasteiger partial charge is 0.454 e. The summed E-state index contributed by atoms with van der Waals surface area (Å²) in [6.45, 7) is 2.96. The second kappa shape index (κ2) is 6.19. The normalized spacial score (nSPS) is 16.5. The van der Waals surface area contributed by atoms with Gasteiger partial charge in [-0.05, 0) is 44.0 Å². The zero-order valence-electron chi connectivity index (χ0n) is 13.7. The number of carbonyl (C=O) groups excluding carboxylic acids is 1. The van der Waals surface area contributed by atoms with Crippen LogP contribution in [0.1, 0.15) is 43.1 Å². The zero-order chi connectivity index (χ0) is 16.5. The molecule has 126 valence electrons. The third kappa shape index (κ3) is 2.72. The average molecular weight is 327 g/mol. The standard InChI is InChI=1S/C18H21N3O3/c1-2-21-15(12-7-8-16-17(9-12)24-11-23-16)10-14(20-21)18(22)19-13-5-3-4-6-13/h7-10,13H,2-6,11H2,1H3,(H,19,22). The highest BCUT2D eigenvalue weighted by molar-refractivity contribution is 5.93. The smallest absolute Gasteiger partial charge is 0.272 e. The molecule has 1 aromatic heterocycles. The minimum Gasteiger partial charge on any atom is -0.454 e. The van der Waals surface area contributed by atoms with E-state index in [1.165, 1.54) is 12.8 Å². The van der Waals surface area contributed by atoms with E-state index in [-0.39, 0.29) is 12.7 Å². The van der Waals surface area contributed by atoms with E-state index in [1.807, 2.05) is 35.9 Å². The molecule has 0 bridgehead atoms. The van der Waals surface area contributed by atoms with Crippen LogP contribution >= 0.6 is 0 Å². The Morgan fingerprint density at radius 2 is 2.04 bits per heavy atom. The minimum atomic E-state index is -0.0870. The van der Waals surface area contributed by atoms with Crippen molar-refractivity contribution in [1.29, 1.82) is 0 Å². The summed E-state index contributed by atoms with van der Waals surface area (Å²) in [5, 5.41) is 7.57. The Kier molecular flexibility index (Phi) is 3.88. The van der Waals surface area contributed by atoms with E-state index in [0.29, 0.717) is 18.3 Å². The molecule has 1 fully saturated rings. The van der Waals surface area contributed by atoms with Gasteiger partial charge in [-0.3, -0.25) is 9.48 Å². The molecule has 0 unspecified atom stereocenters. The highest BCUT2D eigenvalue weighted by atomic mass is 16.7. The van der Waals surface area contributed by atoms with Crippen molar-refractivity contribution >= 4 is 5.91 Å². The number of carbonyl (C=O) groups is 1. The van der Waals surface area contributed by atoms with Gasteiger partial charge in [0, 0.05) is 18.2 Å². The summed E-state index contributed by atoms with van der Waals surface area (Å²) >= 11 is 0. The van der Waals surface area contributed by atoms with Gasteiger partial charge in [-0.1, -0.05) is 12.8 Å². The number of fused-ring (bicyclic) bond motifs is 1. The second-order valence-electron chi connectivity index (χ2n) is 6.25. The Labute approximate surface area is 140 Å². The number of benzene rings is 1. The molecule has 1 N–H and O–H groups in total. The van der Waals surface area contributed by atoms with E-state index < -0.39 is 0 Å². The second-order valence-corrected chi connectivity index (χ2v) is 6.25. The summed E-state index contributed by atoms with van der Waals surface area (Å²) < 4.78 is 12.6. The van der Waals surface area contributed by atoms with Crippen LogP contribution in [0.5, 0.6) is 11.5 Å². The number of aryl methyl sites for hydroxylation is 1. The van der Waals surface area contributed by atoms with Crippen LogP contribution in [-0.4, -0.2) is 28.5 Å². The van der Waals surface area contributed by atoms with Crippen LogP contribution in [0.3, 0.4) is 0 Å². The van der Waals surface area contributed by atoms with E-state index in [9.17, 15) is 4.79 Å². The molecule has 6 nitrogen and oxygen atoms in total. The molecule has 2 aromatic rings. The molecule has 4 rings (SSSR count). The van der Waals surface area contributed by atoms with Gasteiger partial charge in [0.1, 0.15) is 0 Å². The van der Waals surface area contributed by atoms with Crippen LogP contribution in [0.4, 0.5) is 0 Å². The fraction of sp³-hybridized carbons (Fsp3) is 0.444. The van der Waals surface area contributed by atoms with Crippen LogP contribution in [0.25, 0.3) is 11.3 Å². The maximum Gasteiger partial charge on any atom is 0.272 e. The molecular weight excluding hydrogens is 306 g/mol. The molecule has 0 spiro atoms. The lowest BCUT2D eigenvalue weighted by atomic mass is 10.1. The van der Waals surface area contributed by atoms with Crippen LogP contribution in [0.2, 0.25) is 0 Å². The van der Waals surface area contributed by atoms with Crippen LogP contribution in [0.15, 0.2) is 24.3 Å². The van der Waals surface area contributed by atoms with Crippen molar-refractivity contribution in [3.63, 3.8) is 0 Å². The van der Waals surface area contributed by atoms with Crippen molar-refractivity contribution in [2.24, 2.45) is 0 Å². The van der Waals surface area contributed by atoms with Crippen molar-refractivity contribution in [2.45, 2.75) is 45.2 Å². The monoisotopic (exact) mass is 327 g/mol. The van der Waals surface area contributed by atoms with Crippen molar-refractivity contribution in [3.8, 4) is 22.8 Å². The molecule has 1 amide bonds. The number of amides is 1. The average Bonchev–Trinajstić information content (AvgIpc) is 3.33. The quantitative estimate of drug-likeness (QED) is 0.937. The first kappa shape index (κ1) is 15.1. The van der Waals surface area contributed by atoms with Gasteiger partial charge in [0.25, 0.3) is 5.91 Å². The Balaban J connectivity index is 1.61. The summed E-state index contributed by atoms with van der Waals surface area (Å²) in [6.07, 6.45) is 4.51. The number of nitrogens with one attached hydrogen (secondary N) is 1. The van der Waals surface area contributed by atoms with E-state index in [4.69, 9.17) is 9.47 Å². The molecule has 24 heavy (non-hydrogen) atoms. The first-order valence-corrected chi connectivity index (χ1v) is 8.53. The van der Waals surface area contributed by atoms with Crippen molar-refractivity contribution in [3.05, 3.63) is 30.0 Å². The molecule has 2 heterocycles. The predicted octanol–water partition coefficient (Wildman–Crippen LogP) is 2.97. The number of hydrogen-bond acceptors (Lipinski definition) is 4. The lowest BCUT2D eigenvalue weighted by Gasteiger charge is -2.09. The van der Waals surface area contributed by atoms with Gasteiger partial charge in [-0.25, -0.2) is 0 Å². The van der Waals surface area contributed by atoms with Crippen molar-refractivity contribution < 1.29 is 14.3 Å². The first-order valence-electron chi connectivity index (χ1n) is 8.53. The molecular formula is C18H21N3O3. The Morgan fingerprint density at radius 3 is 2.83 bits per heavy atom. The van der Waals surface area contributed by atoms with E-state index in [1.54, 1.807) is 0 Å². The van der Waals surface area contributed by atoms with Gasteiger partial charge >= 0.3 is 0 Å². The van der Waals surface area contributed by atoms with Gasteiger partial charge in [-0.2, -0.15) is 5.10 Å². The molecule has 1 aliphatic heterocycles. The fourth-order valence-corrected chi connectivity index (χ4v) is 3.39. The number of rotatable bonds is 4. The van der Waals surface area contributed by atoms with Crippen LogP contribution < -0.4 is 14.8 Å². The lowest BCUT2D eigenvalue weighted by Crippen LogP contribution is -2.32. The van der Waals surface area contributed by atoms with E-state index in [0.717, 1.165) is 35.6 Å². The highest BCUT2D eigenvalue weighted by Gasteiger charge is 2.22. The third-order valence-electron chi connectivity index (χ3n) is 4.67. The predicted molar refractivity (Wildman–Crippen MR) is 89.2 cm³/mol. The lowest BCUT2D eigenvalue weighted by molar-refractivity contribution is 0.0932. The molecule has 0 saturated heterocycles. The van der Waals surface area contributed by atoms with Gasteiger partial charge in [0.05, 0.1) is 5.69 Å². The molecule has 1 aliphatic carbocycles. The maximum atomic E-state index is 12.5.